The maximum absolute atomic E-state index is 2.43. The lowest BCUT2D eigenvalue weighted by molar-refractivity contribution is 0.263. The summed E-state index contributed by atoms with van der Waals surface area (Å²) in [6.07, 6.45) is 8.72. The highest BCUT2D eigenvalue weighted by Crippen LogP contribution is 2.37. The van der Waals surface area contributed by atoms with Crippen LogP contribution in [0.15, 0.2) is 0 Å². The summed E-state index contributed by atoms with van der Waals surface area (Å²) in [6, 6.07) is 0. The van der Waals surface area contributed by atoms with Gasteiger partial charge in [-0.05, 0) is 24.2 Å². The first-order valence-electron chi connectivity index (χ1n) is 5.14. The molecule has 1 atom stereocenters. The van der Waals surface area contributed by atoms with Gasteiger partial charge in [-0.2, -0.15) is 0 Å². The van der Waals surface area contributed by atoms with Crippen molar-refractivity contribution in [1.29, 1.82) is 0 Å². The van der Waals surface area contributed by atoms with Crippen LogP contribution < -0.4 is 0 Å². The Bertz CT molecular complexity index is 113. The van der Waals surface area contributed by atoms with Crippen LogP contribution in [0.2, 0.25) is 0 Å². The zero-order chi connectivity index (χ0) is 8.32. The molecule has 1 unspecified atom stereocenters. The smallest absolute Gasteiger partial charge is 0.0352 e. The predicted octanol–water partition coefficient (Wildman–Crippen LogP) is 4.00. The molecule has 66 valence electrons. The highest BCUT2D eigenvalue weighted by molar-refractivity contribution is 4.76. The molecule has 0 bridgehead atoms. The van der Waals surface area contributed by atoms with Crippen LogP contribution in [0.3, 0.4) is 0 Å². The Labute approximate surface area is 71.4 Å². The fourth-order valence-corrected chi connectivity index (χ4v) is 2.37. The summed E-state index contributed by atoms with van der Waals surface area (Å²) < 4.78 is 0. The lowest BCUT2D eigenvalue weighted by Gasteiger charge is -2.25. The van der Waals surface area contributed by atoms with Crippen molar-refractivity contribution in [3.63, 3.8) is 0 Å². The van der Waals surface area contributed by atoms with Gasteiger partial charge >= 0.3 is 0 Å². The maximum Gasteiger partial charge on any atom is -0.0352 e. The fraction of sp³-hybridized carbons (Fsp3) is 1.00. The molecule has 1 rings (SSSR count). The van der Waals surface area contributed by atoms with Gasteiger partial charge in [0.05, 0.1) is 0 Å². The Morgan fingerprint density at radius 3 is 2.64 bits per heavy atom. The van der Waals surface area contributed by atoms with Crippen LogP contribution in [0.5, 0.6) is 0 Å². The van der Waals surface area contributed by atoms with Gasteiger partial charge in [0.1, 0.15) is 0 Å². The van der Waals surface area contributed by atoms with Crippen LogP contribution >= 0.6 is 0 Å². The quantitative estimate of drug-likeness (QED) is 0.501. The largest absolute Gasteiger partial charge is 0.0651 e. The van der Waals surface area contributed by atoms with Crippen LogP contribution in [0.4, 0.5) is 0 Å². The second kappa shape index (κ2) is 3.60. The Kier molecular flexibility index (Phi) is 2.98. The summed E-state index contributed by atoms with van der Waals surface area (Å²) in [5.41, 5.74) is 0.636. The van der Waals surface area contributed by atoms with Gasteiger partial charge in [-0.3, -0.25) is 0 Å². The molecule has 0 nitrogen and oxygen atoms in total. The molecule has 0 N–H and O–H groups in total. The van der Waals surface area contributed by atoms with Gasteiger partial charge in [-0.15, -0.1) is 0 Å². The normalized spacial score (nSPS) is 31.4. The first-order chi connectivity index (χ1) is 5.14. The Hall–Kier alpha value is 0. The van der Waals surface area contributed by atoms with E-state index in [1.165, 1.54) is 38.5 Å². The molecule has 0 spiro atoms. The van der Waals surface area contributed by atoms with E-state index in [1.807, 2.05) is 0 Å². The fourth-order valence-electron chi connectivity index (χ4n) is 2.37. The van der Waals surface area contributed by atoms with E-state index in [2.05, 4.69) is 20.8 Å². The minimum atomic E-state index is 0.636. The zero-order valence-corrected chi connectivity index (χ0v) is 8.32. The molecule has 0 aromatic carbocycles. The van der Waals surface area contributed by atoms with Gasteiger partial charge in [-0.1, -0.05) is 46.5 Å². The van der Waals surface area contributed by atoms with Crippen molar-refractivity contribution in [2.24, 2.45) is 11.3 Å². The summed E-state index contributed by atoms with van der Waals surface area (Å²) in [5.74, 6) is 1.02. The number of hydrogen-bond acceptors (Lipinski definition) is 0. The van der Waals surface area contributed by atoms with E-state index in [4.69, 9.17) is 0 Å². The van der Waals surface area contributed by atoms with Gasteiger partial charge < -0.3 is 0 Å². The van der Waals surface area contributed by atoms with Gasteiger partial charge in [-0.25, -0.2) is 0 Å². The molecule has 0 aromatic rings. The van der Waals surface area contributed by atoms with Gasteiger partial charge in [0, 0.05) is 0 Å². The number of hydrogen-bond donors (Lipinski definition) is 0. The molecule has 0 radical (unpaired) electrons. The molecule has 0 saturated heterocycles. The van der Waals surface area contributed by atoms with Crippen LogP contribution in [0, 0.1) is 11.3 Å². The third-order valence-electron chi connectivity index (χ3n) is 3.13. The molecule has 0 heterocycles. The minimum Gasteiger partial charge on any atom is -0.0651 e. The Morgan fingerprint density at radius 2 is 2.00 bits per heavy atom. The van der Waals surface area contributed by atoms with E-state index in [1.54, 1.807) is 0 Å². The van der Waals surface area contributed by atoms with Crippen molar-refractivity contribution in [2.45, 2.75) is 59.3 Å². The second-order valence-electron chi connectivity index (χ2n) is 4.89. The minimum absolute atomic E-state index is 0.636. The van der Waals surface area contributed by atoms with Crippen molar-refractivity contribution < 1.29 is 0 Å². The maximum atomic E-state index is 2.43. The molecule has 0 amide bonds. The third-order valence-corrected chi connectivity index (χ3v) is 3.13. The average molecular weight is 154 g/mol. The lowest BCUT2D eigenvalue weighted by atomic mass is 9.80. The van der Waals surface area contributed by atoms with Gasteiger partial charge in [0.15, 0.2) is 0 Å². The van der Waals surface area contributed by atoms with Crippen molar-refractivity contribution >= 4 is 0 Å². The molecule has 1 saturated carbocycles. The predicted molar refractivity (Wildman–Crippen MR) is 50.6 cm³/mol. The molecule has 1 fully saturated rings. The first kappa shape index (κ1) is 9.09. The molecule has 1 aliphatic rings. The zero-order valence-electron chi connectivity index (χ0n) is 8.32. The van der Waals surface area contributed by atoms with Crippen LogP contribution in [-0.2, 0) is 0 Å². The average Bonchev–Trinajstić information content (AvgIpc) is 2.10. The van der Waals surface area contributed by atoms with E-state index >= 15 is 0 Å². The second-order valence-corrected chi connectivity index (χ2v) is 4.89. The lowest BCUT2D eigenvalue weighted by Crippen LogP contribution is -2.13. The first-order valence-corrected chi connectivity index (χ1v) is 5.14. The highest BCUT2D eigenvalue weighted by Gasteiger charge is 2.24. The molecular formula is C11H22. The van der Waals surface area contributed by atoms with Crippen molar-refractivity contribution in [1.82, 2.24) is 0 Å². The summed E-state index contributed by atoms with van der Waals surface area (Å²) >= 11 is 0. The Balaban J connectivity index is 2.47. The highest BCUT2D eigenvalue weighted by atomic mass is 14.3. The van der Waals surface area contributed by atoms with Gasteiger partial charge in [0.25, 0.3) is 0 Å². The number of rotatable bonds is 1. The van der Waals surface area contributed by atoms with E-state index < -0.39 is 0 Å². The van der Waals surface area contributed by atoms with Gasteiger partial charge in [0.2, 0.25) is 0 Å². The van der Waals surface area contributed by atoms with E-state index in [-0.39, 0.29) is 0 Å². The van der Waals surface area contributed by atoms with E-state index in [0.29, 0.717) is 5.41 Å². The Morgan fingerprint density at radius 1 is 1.27 bits per heavy atom. The standard InChI is InChI=1S/C11H22/c1-4-10-7-5-6-8-11(2,3)9-10/h10H,4-9H2,1-3H3. The van der Waals surface area contributed by atoms with Crippen molar-refractivity contribution in [3.05, 3.63) is 0 Å². The van der Waals surface area contributed by atoms with Crippen LogP contribution in [-0.4, -0.2) is 0 Å². The van der Waals surface area contributed by atoms with Crippen molar-refractivity contribution in [3.8, 4) is 0 Å². The van der Waals surface area contributed by atoms with E-state index in [9.17, 15) is 0 Å². The summed E-state index contributed by atoms with van der Waals surface area (Å²) in [5, 5.41) is 0. The third kappa shape index (κ3) is 2.84. The molecular weight excluding hydrogens is 132 g/mol. The topological polar surface area (TPSA) is 0 Å². The van der Waals surface area contributed by atoms with E-state index in [0.717, 1.165) is 5.92 Å². The molecule has 0 aromatic heterocycles. The van der Waals surface area contributed by atoms with Crippen molar-refractivity contribution in [2.75, 3.05) is 0 Å². The summed E-state index contributed by atoms with van der Waals surface area (Å²) in [7, 11) is 0. The molecule has 0 heteroatoms. The van der Waals surface area contributed by atoms with Crippen LogP contribution in [0.25, 0.3) is 0 Å². The molecule has 11 heavy (non-hydrogen) atoms. The monoisotopic (exact) mass is 154 g/mol. The summed E-state index contributed by atoms with van der Waals surface area (Å²) in [6.45, 7) is 7.20. The van der Waals surface area contributed by atoms with Crippen LogP contribution in [0.1, 0.15) is 59.3 Å². The molecule has 0 aliphatic heterocycles. The SMILES string of the molecule is CCC1CCCCC(C)(C)C1. The summed E-state index contributed by atoms with van der Waals surface area (Å²) in [4.78, 5) is 0. The molecule has 1 aliphatic carbocycles.